The first-order chi connectivity index (χ1) is 9.40. The zero-order chi connectivity index (χ0) is 14.9. The molecule has 1 N–H and O–H groups in total. The highest BCUT2D eigenvalue weighted by molar-refractivity contribution is 9.11. The highest BCUT2D eigenvalue weighted by Crippen LogP contribution is 2.35. The van der Waals surface area contributed by atoms with Crippen molar-refractivity contribution < 1.29 is 9.90 Å². The number of carbonyl (C=O) groups is 1. The topological polar surface area (TPSA) is 43.8 Å². The molecule has 1 fully saturated rings. The lowest BCUT2D eigenvalue weighted by molar-refractivity contribution is -0.142. The summed E-state index contributed by atoms with van der Waals surface area (Å²) in [6.07, 6.45) is 1.70. The van der Waals surface area contributed by atoms with Gasteiger partial charge in [0.15, 0.2) is 0 Å². The van der Waals surface area contributed by atoms with E-state index in [0.29, 0.717) is 6.54 Å². The largest absolute Gasteiger partial charge is 0.480 e. The maximum Gasteiger partial charge on any atom is 0.320 e. The van der Waals surface area contributed by atoms with E-state index in [1.165, 1.54) is 0 Å². The fourth-order valence-corrected chi connectivity index (χ4v) is 4.66. The minimum atomic E-state index is -0.717. The molecule has 1 unspecified atom stereocenters. The molecule has 1 aromatic carbocycles. The molecule has 1 aliphatic rings. The summed E-state index contributed by atoms with van der Waals surface area (Å²) in [6, 6.07) is 3.79. The molecule has 0 amide bonds. The van der Waals surface area contributed by atoms with Gasteiger partial charge in [-0.3, -0.25) is 9.69 Å². The van der Waals surface area contributed by atoms with Crippen LogP contribution in [0.4, 0.5) is 5.69 Å². The molecule has 1 heterocycles. The quantitative estimate of drug-likeness (QED) is 0.834. The second kappa shape index (κ2) is 6.45. The molecule has 4 nitrogen and oxygen atoms in total. The molecule has 1 aliphatic heterocycles. The number of carboxylic acids is 1. The predicted octanol–water partition coefficient (Wildman–Crippen LogP) is 3.33. The van der Waals surface area contributed by atoms with Crippen molar-refractivity contribution >= 4 is 43.5 Å². The van der Waals surface area contributed by atoms with Crippen LogP contribution in [0.5, 0.6) is 0 Å². The van der Waals surface area contributed by atoms with Crippen LogP contribution in [-0.4, -0.2) is 42.7 Å². The third kappa shape index (κ3) is 3.35. The lowest BCUT2D eigenvalue weighted by Gasteiger charge is -2.23. The molecule has 0 saturated carbocycles. The molecular weight excluding hydrogens is 388 g/mol. The van der Waals surface area contributed by atoms with Crippen LogP contribution in [0.15, 0.2) is 21.1 Å². The van der Waals surface area contributed by atoms with Gasteiger partial charge in [0.05, 0.1) is 5.69 Å². The number of hydrogen-bond acceptors (Lipinski definition) is 3. The highest BCUT2D eigenvalue weighted by Gasteiger charge is 2.30. The molecule has 20 heavy (non-hydrogen) atoms. The lowest BCUT2D eigenvalue weighted by Crippen LogP contribution is -2.35. The zero-order valence-corrected chi connectivity index (χ0v) is 14.7. The summed E-state index contributed by atoms with van der Waals surface area (Å²) in [4.78, 5) is 15.3. The Balaban J connectivity index is 2.20. The van der Waals surface area contributed by atoms with E-state index in [9.17, 15) is 9.90 Å². The van der Waals surface area contributed by atoms with E-state index in [1.807, 2.05) is 23.9 Å². The van der Waals surface area contributed by atoms with Crippen LogP contribution < -0.4 is 4.90 Å². The van der Waals surface area contributed by atoms with E-state index < -0.39 is 5.97 Å². The molecule has 0 spiro atoms. The molecule has 0 bridgehead atoms. The molecule has 1 atom stereocenters. The van der Waals surface area contributed by atoms with E-state index in [2.05, 4.69) is 44.0 Å². The number of likely N-dealkylation sites (tertiary alicyclic amines) is 1. The SMILES string of the molecule is CN(C)c1c(Br)cc(CN2CCCC2C(=O)O)cc1Br. The van der Waals surface area contributed by atoms with Gasteiger partial charge >= 0.3 is 5.97 Å². The van der Waals surface area contributed by atoms with Crippen LogP contribution in [0.1, 0.15) is 18.4 Å². The summed E-state index contributed by atoms with van der Waals surface area (Å²) < 4.78 is 2.02. The average molecular weight is 406 g/mol. The Morgan fingerprint density at radius 3 is 2.50 bits per heavy atom. The van der Waals surface area contributed by atoms with Gasteiger partial charge in [-0.1, -0.05) is 0 Å². The summed E-state index contributed by atoms with van der Waals surface area (Å²) in [5.41, 5.74) is 2.20. The lowest BCUT2D eigenvalue weighted by atomic mass is 10.1. The van der Waals surface area contributed by atoms with Crippen molar-refractivity contribution in [3.8, 4) is 0 Å². The molecule has 110 valence electrons. The smallest absolute Gasteiger partial charge is 0.320 e. The van der Waals surface area contributed by atoms with Gasteiger partial charge in [-0.25, -0.2) is 0 Å². The minimum Gasteiger partial charge on any atom is -0.480 e. The van der Waals surface area contributed by atoms with Gasteiger partial charge < -0.3 is 10.0 Å². The van der Waals surface area contributed by atoms with Crippen molar-refractivity contribution in [1.29, 1.82) is 0 Å². The Hall–Kier alpha value is -0.590. The van der Waals surface area contributed by atoms with E-state index in [4.69, 9.17) is 0 Å². The number of aliphatic carboxylic acids is 1. The minimum absolute atomic E-state index is 0.346. The summed E-state index contributed by atoms with van der Waals surface area (Å²) >= 11 is 7.17. The van der Waals surface area contributed by atoms with Crippen LogP contribution in [0.2, 0.25) is 0 Å². The van der Waals surface area contributed by atoms with Crippen LogP contribution in [0.3, 0.4) is 0 Å². The van der Waals surface area contributed by atoms with Gasteiger partial charge in [-0.15, -0.1) is 0 Å². The van der Waals surface area contributed by atoms with Crippen molar-refractivity contribution in [2.24, 2.45) is 0 Å². The Kier molecular flexibility index (Phi) is 5.09. The normalized spacial score (nSPS) is 19.3. The van der Waals surface area contributed by atoms with E-state index in [0.717, 1.165) is 39.6 Å². The van der Waals surface area contributed by atoms with Crippen molar-refractivity contribution in [3.63, 3.8) is 0 Å². The third-order valence-corrected chi connectivity index (χ3v) is 4.77. The van der Waals surface area contributed by atoms with Gasteiger partial charge in [0.1, 0.15) is 6.04 Å². The number of rotatable bonds is 4. The van der Waals surface area contributed by atoms with E-state index >= 15 is 0 Å². The van der Waals surface area contributed by atoms with Gasteiger partial charge in [0, 0.05) is 29.6 Å². The molecule has 0 radical (unpaired) electrons. The fourth-order valence-electron chi connectivity index (χ4n) is 2.67. The number of anilines is 1. The monoisotopic (exact) mass is 404 g/mol. The summed E-state index contributed by atoms with van der Waals surface area (Å²) in [5.74, 6) is -0.717. The van der Waals surface area contributed by atoms with Crippen molar-refractivity contribution in [3.05, 3.63) is 26.6 Å². The Labute approximate surface area is 136 Å². The Bertz CT molecular complexity index is 497. The van der Waals surface area contributed by atoms with Crippen LogP contribution in [0.25, 0.3) is 0 Å². The molecule has 1 saturated heterocycles. The molecular formula is C14H18Br2N2O2. The van der Waals surface area contributed by atoms with Crippen molar-refractivity contribution in [2.45, 2.75) is 25.4 Å². The molecule has 2 rings (SSSR count). The second-order valence-electron chi connectivity index (χ2n) is 5.27. The van der Waals surface area contributed by atoms with Crippen molar-refractivity contribution in [2.75, 3.05) is 25.5 Å². The first-order valence-electron chi connectivity index (χ1n) is 6.52. The summed E-state index contributed by atoms with van der Waals surface area (Å²) in [7, 11) is 3.98. The van der Waals surface area contributed by atoms with Gasteiger partial charge in [-0.05, 0) is 68.9 Å². The first-order valence-corrected chi connectivity index (χ1v) is 8.11. The predicted molar refractivity (Wildman–Crippen MR) is 87.2 cm³/mol. The Morgan fingerprint density at radius 2 is 2.00 bits per heavy atom. The van der Waals surface area contributed by atoms with Gasteiger partial charge in [-0.2, -0.15) is 0 Å². The number of carboxylic acid groups (broad SMARTS) is 1. The average Bonchev–Trinajstić information content (AvgIpc) is 2.75. The summed E-state index contributed by atoms with van der Waals surface area (Å²) in [6.45, 7) is 1.52. The van der Waals surface area contributed by atoms with Crippen LogP contribution in [-0.2, 0) is 11.3 Å². The van der Waals surface area contributed by atoms with E-state index in [-0.39, 0.29) is 6.04 Å². The number of halogens is 2. The summed E-state index contributed by atoms with van der Waals surface area (Å²) in [5, 5.41) is 9.22. The molecule has 6 heteroatoms. The highest BCUT2D eigenvalue weighted by atomic mass is 79.9. The van der Waals surface area contributed by atoms with Gasteiger partial charge in [0.2, 0.25) is 0 Å². The Morgan fingerprint density at radius 1 is 1.40 bits per heavy atom. The second-order valence-corrected chi connectivity index (χ2v) is 6.98. The zero-order valence-electron chi connectivity index (χ0n) is 11.6. The molecule has 1 aromatic rings. The van der Waals surface area contributed by atoms with Crippen LogP contribution in [0, 0.1) is 0 Å². The third-order valence-electron chi connectivity index (χ3n) is 3.56. The molecule has 0 aromatic heterocycles. The molecule has 0 aliphatic carbocycles. The van der Waals surface area contributed by atoms with Crippen molar-refractivity contribution in [1.82, 2.24) is 4.90 Å². The number of nitrogens with zero attached hydrogens (tertiary/aromatic N) is 2. The number of benzene rings is 1. The van der Waals surface area contributed by atoms with Gasteiger partial charge in [0.25, 0.3) is 0 Å². The van der Waals surface area contributed by atoms with Crippen LogP contribution >= 0.6 is 31.9 Å². The maximum absolute atomic E-state index is 11.2. The standard InChI is InChI=1S/C14H18Br2N2O2/c1-17(2)13-10(15)6-9(7-11(13)16)8-18-5-3-4-12(18)14(19)20/h6-7,12H,3-5,8H2,1-2H3,(H,19,20). The first kappa shape index (κ1) is 15.8. The van der Waals surface area contributed by atoms with E-state index in [1.54, 1.807) is 0 Å². The fraction of sp³-hybridized carbons (Fsp3) is 0.500. The number of hydrogen-bond donors (Lipinski definition) is 1. The maximum atomic E-state index is 11.2.